The van der Waals surface area contributed by atoms with E-state index in [9.17, 15) is 15.3 Å². The molecule has 4 aromatic carbocycles. The summed E-state index contributed by atoms with van der Waals surface area (Å²) in [7, 11) is 0. The molecular weight excluding hydrogens is 661 g/mol. The highest BCUT2D eigenvalue weighted by atomic mass is 16.3. The Bertz CT molecular complexity index is 1860. The van der Waals surface area contributed by atoms with Crippen molar-refractivity contribution < 1.29 is 15.3 Å². The zero-order chi connectivity index (χ0) is 41.3. The highest BCUT2D eigenvalue weighted by Gasteiger charge is 2.57. The van der Waals surface area contributed by atoms with Gasteiger partial charge in [-0.15, -0.1) is 0 Å². The minimum atomic E-state index is -1.71. The largest absolute Gasteiger partial charge is 0.380 e. The molecule has 4 rings (SSSR count). The lowest BCUT2D eigenvalue weighted by Crippen LogP contribution is -2.52. The molecule has 0 amide bonds. The number of hydrogen-bond acceptors (Lipinski definition) is 3. The molecule has 0 fully saturated rings. The van der Waals surface area contributed by atoms with Crippen molar-refractivity contribution >= 4 is 0 Å². The molecule has 0 heterocycles. The van der Waals surface area contributed by atoms with Gasteiger partial charge in [-0.25, -0.2) is 0 Å². The Labute approximate surface area is 329 Å². The Kier molecular flexibility index (Phi) is 11.1. The van der Waals surface area contributed by atoms with Crippen molar-refractivity contribution in [3.63, 3.8) is 0 Å². The third-order valence-corrected chi connectivity index (χ3v) is 11.8. The Balaban J connectivity index is 2.49. The average Bonchev–Trinajstić information content (AvgIpc) is 3.04. The first kappa shape index (κ1) is 43.5. The molecule has 4 aromatic rings. The topological polar surface area (TPSA) is 60.7 Å². The Hall–Kier alpha value is -3.24. The average molecular weight is 733 g/mol. The van der Waals surface area contributed by atoms with Crippen LogP contribution in [-0.4, -0.2) is 15.3 Å². The molecule has 54 heavy (non-hydrogen) atoms. The fraction of sp³-hybridized carbons (Fsp3) is 0.529. The normalized spacial score (nSPS) is 17.1. The van der Waals surface area contributed by atoms with Gasteiger partial charge in [0.1, 0.15) is 16.8 Å². The molecule has 3 unspecified atom stereocenters. The third-order valence-electron chi connectivity index (χ3n) is 11.8. The molecule has 0 saturated heterocycles. The molecule has 0 aromatic heterocycles. The van der Waals surface area contributed by atoms with Crippen molar-refractivity contribution in [2.24, 2.45) is 16.2 Å². The number of benzene rings is 4. The zero-order valence-electron chi connectivity index (χ0n) is 37.0. The maximum atomic E-state index is 14.4. The minimum absolute atomic E-state index is 0.301. The van der Waals surface area contributed by atoms with Crippen LogP contribution in [0.3, 0.4) is 0 Å². The van der Waals surface area contributed by atoms with E-state index in [1.165, 1.54) is 0 Å². The van der Waals surface area contributed by atoms with E-state index in [0.29, 0.717) is 16.7 Å². The minimum Gasteiger partial charge on any atom is -0.380 e. The summed E-state index contributed by atoms with van der Waals surface area (Å²) < 4.78 is 0. The van der Waals surface area contributed by atoms with Crippen LogP contribution >= 0.6 is 0 Å². The van der Waals surface area contributed by atoms with Crippen LogP contribution in [0.2, 0.25) is 0 Å². The van der Waals surface area contributed by atoms with E-state index in [0.717, 1.165) is 33.4 Å². The maximum absolute atomic E-state index is 14.4. The summed E-state index contributed by atoms with van der Waals surface area (Å²) in [5.41, 5.74) is -1.16. The fourth-order valence-electron chi connectivity index (χ4n) is 8.72. The summed E-state index contributed by atoms with van der Waals surface area (Å²) in [5.74, 6) is 0. The van der Waals surface area contributed by atoms with Crippen LogP contribution in [0.4, 0.5) is 0 Å². The molecule has 0 aliphatic heterocycles. The SMILES string of the molecule is CC(C)(C)c1ccccc1C(O)(c1cccc(C(O)(c2ccccc2C(C)(C)C)C(C)(C)C)c1C(O)(c1ccccc1C(C)(C)C)C(C)(C)C)C(C)(C)C. The molecule has 3 N–H and O–H groups in total. The van der Waals surface area contributed by atoms with Gasteiger partial charge in [0.25, 0.3) is 0 Å². The Morgan fingerprint density at radius 2 is 0.463 bits per heavy atom. The summed E-state index contributed by atoms with van der Waals surface area (Å²) >= 11 is 0. The predicted molar refractivity (Wildman–Crippen MR) is 229 cm³/mol. The van der Waals surface area contributed by atoms with Gasteiger partial charge in [-0.05, 0) is 77.0 Å². The van der Waals surface area contributed by atoms with Crippen LogP contribution in [-0.2, 0) is 33.0 Å². The second-order valence-corrected chi connectivity index (χ2v) is 22.0. The lowest BCUT2D eigenvalue weighted by Gasteiger charge is -2.53. The van der Waals surface area contributed by atoms with Crippen LogP contribution < -0.4 is 0 Å². The van der Waals surface area contributed by atoms with E-state index in [1.807, 2.05) is 72.8 Å². The molecule has 0 radical (unpaired) electrons. The van der Waals surface area contributed by atoms with Crippen LogP contribution in [0.25, 0.3) is 0 Å². The van der Waals surface area contributed by atoms with Crippen molar-refractivity contribution in [1.29, 1.82) is 0 Å². The van der Waals surface area contributed by atoms with Gasteiger partial charge in [0.2, 0.25) is 0 Å². The smallest absolute Gasteiger partial charge is 0.120 e. The summed E-state index contributed by atoms with van der Waals surface area (Å²) in [6.45, 7) is 38.3. The molecular formula is C51H72O3. The van der Waals surface area contributed by atoms with Gasteiger partial charge in [-0.2, -0.15) is 0 Å². The molecule has 3 atom stereocenters. The van der Waals surface area contributed by atoms with Gasteiger partial charge in [-0.1, -0.05) is 216 Å². The highest BCUT2D eigenvalue weighted by Crippen LogP contribution is 2.59. The Morgan fingerprint density at radius 1 is 0.259 bits per heavy atom. The van der Waals surface area contributed by atoms with Crippen molar-refractivity contribution in [3.05, 3.63) is 141 Å². The summed E-state index contributed by atoms with van der Waals surface area (Å²) in [4.78, 5) is 0. The quantitative estimate of drug-likeness (QED) is 0.185. The molecule has 0 aliphatic carbocycles. The standard InChI is InChI=1S/C51H72O3/c1-43(2,3)34-26-19-22-29-37(34)49(52,46(10,11)12)40-32-25-33-41(50(53,47(13,14)15)38-30-23-20-27-35(38)44(4,5)6)42(40)51(54,48(16,17)18)39-31-24-21-28-36(39)45(7,8)9/h19-33,52-54H,1-18H3. The predicted octanol–water partition coefficient (Wildman–Crippen LogP) is 12.4. The van der Waals surface area contributed by atoms with E-state index < -0.39 is 33.0 Å². The molecule has 3 nitrogen and oxygen atoms in total. The van der Waals surface area contributed by atoms with Crippen molar-refractivity contribution in [2.45, 2.75) is 158 Å². The molecule has 0 spiro atoms. The first-order valence-electron chi connectivity index (χ1n) is 19.9. The molecule has 0 saturated carbocycles. The molecule has 294 valence electrons. The lowest BCUT2D eigenvalue weighted by atomic mass is 9.55. The molecule has 0 bridgehead atoms. The van der Waals surface area contributed by atoms with E-state index in [1.54, 1.807) is 0 Å². The van der Waals surface area contributed by atoms with E-state index in [4.69, 9.17) is 0 Å². The second-order valence-electron chi connectivity index (χ2n) is 22.0. The Morgan fingerprint density at radius 3 is 0.685 bits per heavy atom. The van der Waals surface area contributed by atoms with Gasteiger partial charge < -0.3 is 15.3 Å². The first-order chi connectivity index (χ1) is 24.3. The fourth-order valence-corrected chi connectivity index (χ4v) is 8.72. The lowest BCUT2D eigenvalue weighted by molar-refractivity contribution is -0.0613. The third kappa shape index (κ3) is 7.15. The van der Waals surface area contributed by atoms with Crippen molar-refractivity contribution in [3.8, 4) is 0 Å². The number of aliphatic hydroxyl groups is 3. The van der Waals surface area contributed by atoms with Crippen LogP contribution in [0.1, 0.15) is 175 Å². The molecule has 0 aliphatic rings. The van der Waals surface area contributed by atoms with Gasteiger partial charge in [0.15, 0.2) is 0 Å². The van der Waals surface area contributed by atoms with E-state index in [-0.39, 0.29) is 16.2 Å². The summed E-state index contributed by atoms with van der Waals surface area (Å²) in [5, 5.41) is 42.5. The van der Waals surface area contributed by atoms with Crippen molar-refractivity contribution in [2.75, 3.05) is 0 Å². The molecule has 3 heteroatoms. The van der Waals surface area contributed by atoms with Gasteiger partial charge in [0, 0.05) is 5.56 Å². The second kappa shape index (κ2) is 13.7. The number of hydrogen-bond donors (Lipinski definition) is 3. The van der Waals surface area contributed by atoms with E-state index in [2.05, 4.69) is 143 Å². The van der Waals surface area contributed by atoms with Crippen LogP contribution in [0, 0.1) is 16.2 Å². The van der Waals surface area contributed by atoms with Crippen molar-refractivity contribution in [1.82, 2.24) is 0 Å². The van der Waals surface area contributed by atoms with Gasteiger partial charge >= 0.3 is 0 Å². The zero-order valence-corrected chi connectivity index (χ0v) is 37.0. The number of rotatable bonds is 6. The van der Waals surface area contributed by atoms with E-state index >= 15 is 0 Å². The first-order valence-corrected chi connectivity index (χ1v) is 19.9. The maximum Gasteiger partial charge on any atom is 0.120 e. The van der Waals surface area contributed by atoms with Crippen LogP contribution in [0.5, 0.6) is 0 Å². The van der Waals surface area contributed by atoms with Crippen LogP contribution in [0.15, 0.2) is 91.0 Å². The monoisotopic (exact) mass is 733 g/mol. The van der Waals surface area contributed by atoms with Gasteiger partial charge in [0.05, 0.1) is 0 Å². The van der Waals surface area contributed by atoms with Gasteiger partial charge in [-0.3, -0.25) is 0 Å². The highest BCUT2D eigenvalue weighted by molar-refractivity contribution is 5.60. The summed E-state index contributed by atoms with van der Waals surface area (Å²) in [6, 6.07) is 30.6. The summed E-state index contributed by atoms with van der Waals surface area (Å²) in [6.07, 6.45) is 0.